The molecule has 0 aliphatic heterocycles. The van der Waals surface area contributed by atoms with Crippen molar-refractivity contribution in [1.82, 2.24) is 0 Å². The van der Waals surface area contributed by atoms with Gasteiger partial charge < -0.3 is 17.3 Å². The number of hydrogen-bond acceptors (Lipinski definition) is 0. The lowest BCUT2D eigenvalue weighted by Gasteiger charge is -2.01. The van der Waals surface area contributed by atoms with Crippen molar-refractivity contribution in [1.29, 1.82) is 0 Å². The van der Waals surface area contributed by atoms with E-state index in [2.05, 4.69) is 67.1 Å². The van der Waals surface area contributed by atoms with Gasteiger partial charge in [0.15, 0.2) is 18.4 Å². The molecule has 20 heavy (non-hydrogen) atoms. The Kier molecular flexibility index (Phi) is 5.73. The van der Waals surface area contributed by atoms with E-state index in [9.17, 15) is 17.3 Å². The molecule has 0 fully saturated rings. The molecule has 0 spiro atoms. The van der Waals surface area contributed by atoms with Crippen molar-refractivity contribution in [2.24, 2.45) is 0 Å². The van der Waals surface area contributed by atoms with Gasteiger partial charge in [0.2, 0.25) is 0 Å². The van der Waals surface area contributed by atoms with E-state index in [1.807, 2.05) is 0 Å². The normalized spacial score (nSPS) is 10.7. The Morgan fingerprint density at radius 3 is 2.00 bits per heavy atom. The standard InChI is InChI=1S/C14H16N.BF4/c1-12-8-9-13(2)15(10-12)11-14-6-4-3-5-7-14;2-1(3,4)5/h3-10H,11H2,1-2H3;/q+1;-1. The summed E-state index contributed by atoms with van der Waals surface area (Å²) in [5.74, 6) is 0. The van der Waals surface area contributed by atoms with Gasteiger partial charge in [0.25, 0.3) is 0 Å². The second-order valence-corrected chi connectivity index (χ2v) is 4.46. The largest absolute Gasteiger partial charge is 0.673 e. The van der Waals surface area contributed by atoms with E-state index in [-0.39, 0.29) is 0 Å². The van der Waals surface area contributed by atoms with Gasteiger partial charge in [-0.1, -0.05) is 30.3 Å². The van der Waals surface area contributed by atoms with E-state index in [0.717, 1.165) is 6.54 Å². The van der Waals surface area contributed by atoms with Gasteiger partial charge in [0, 0.05) is 24.1 Å². The number of aromatic nitrogens is 1. The van der Waals surface area contributed by atoms with E-state index in [1.54, 1.807) is 0 Å². The quantitative estimate of drug-likeness (QED) is 0.447. The van der Waals surface area contributed by atoms with E-state index in [1.165, 1.54) is 16.8 Å². The molecule has 6 heteroatoms. The van der Waals surface area contributed by atoms with Gasteiger partial charge >= 0.3 is 7.25 Å². The molecule has 0 amide bonds. The van der Waals surface area contributed by atoms with Crippen LogP contribution in [0, 0.1) is 13.8 Å². The van der Waals surface area contributed by atoms with Crippen molar-refractivity contribution in [2.45, 2.75) is 20.4 Å². The molecule has 1 aromatic heterocycles. The molecule has 0 saturated heterocycles. The summed E-state index contributed by atoms with van der Waals surface area (Å²) >= 11 is 0. The molecule has 1 nitrogen and oxygen atoms in total. The maximum atomic E-state index is 9.75. The minimum absolute atomic E-state index is 0.953. The van der Waals surface area contributed by atoms with E-state index < -0.39 is 7.25 Å². The molecule has 108 valence electrons. The molecule has 0 radical (unpaired) electrons. The lowest BCUT2D eigenvalue weighted by Crippen LogP contribution is -2.37. The molecular formula is C14H16BF4N. The van der Waals surface area contributed by atoms with Gasteiger partial charge in [0.05, 0.1) is 0 Å². The first-order valence-electron chi connectivity index (χ1n) is 6.13. The molecule has 0 N–H and O–H groups in total. The molecule has 1 heterocycles. The van der Waals surface area contributed by atoms with Crippen LogP contribution in [-0.4, -0.2) is 7.25 Å². The Morgan fingerprint density at radius 1 is 0.900 bits per heavy atom. The third-order valence-electron chi connectivity index (χ3n) is 2.60. The SMILES string of the molecule is Cc1ccc(C)[n+](Cc2ccccc2)c1.F[B-](F)(F)F. The summed E-state index contributed by atoms with van der Waals surface area (Å²) in [4.78, 5) is 0. The molecule has 0 aliphatic carbocycles. The monoisotopic (exact) mass is 285 g/mol. The van der Waals surface area contributed by atoms with Crippen molar-refractivity contribution in [3.8, 4) is 0 Å². The first kappa shape index (κ1) is 16.2. The van der Waals surface area contributed by atoms with Crippen molar-refractivity contribution in [2.75, 3.05) is 0 Å². The van der Waals surface area contributed by atoms with Crippen LogP contribution in [0.15, 0.2) is 48.7 Å². The molecular weight excluding hydrogens is 269 g/mol. The number of aryl methyl sites for hydroxylation is 2. The molecule has 0 saturated carbocycles. The van der Waals surface area contributed by atoms with Crippen molar-refractivity contribution in [3.05, 3.63) is 65.5 Å². The topological polar surface area (TPSA) is 3.88 Å². The molecule has 0 bridgehead atoms. The molecule has 0 unspecified atom stereocenters. The summed E-state index contributed by atoms with van der Waals surface area (Å²) in [5, 5.41) is 0. The van der Waals surface area contributed by atoms with Gasteiger partial charge in [-0.25, -0.2) is 0 Å². The first-order chi connectivity index (χ1) is 9.25. The fraction of sp³-hybridized carbons (Fsp3) is 0.214. The van der Waals surface area contributed by atoms with Crippen molar-refractivity contribution >= 4 is 7.25 Å². The average Bonchev–Trinajstić information content (AvgIpc) is 2.33. The summed E-state index contributed by atoms with van der Waals surface area (Å²) in [6, 6.07) is 14.9. The van der Waals surface area contributed by atoms with Crippen molar-refractivity contribution in [3.63, 3.8) is 0 Å². The Bertz CT molecular complexity index is 535. The minimum Gasteiger partial charge on any atom is -0.418 e. The lowest BCUT2D eigenvalue weighted by molar-refractivity contribution is -0.694. The Balaban J connectivity index is 0.000000347. The summed E-state index contributed by atoms with van der Waals surface area (Å²) in [7, 11) is -6.00. The number of hydrogen-bond donors (Lipinski definition) is 0. The summed E-state index contributed by atoms with van der Waals surface area (Å²) in [6.07, 6.45) is 2.20. The summed E-state index contributed by atoms with van der Waals surface area (Å²) < 4.78 is 41.3. The smallest absolute Gasteiger partial charge is 0.418 e. The number of rotatable bonds is 2. The summed E-state index contributed by atoms with van der Waals surface area (Å²) in [5.41, 5.74) is 3.94. The highest BCUT2D eigenvalue weighted by Crippen LogP contribution is 2.06. The average molecular weight is 285 g/mol. The van der Waals surface area contributed by atoms with Crippen molar-refractivity contribution < 1.29 is 21.8 Å². The second kappa shape index (κ2) is 7.08. The number of halogens is 4. The highest BCUT2D eigenvalue weighted by molar-refractivity contribution is 6.50. The Morgan fingerprint density at radius 2 is 1.45 bits per heavy atom. The molecule has 0 aliphatic rings. The van der Waals surface area contributed by atoms with Gasteiger partial charge in [-0.2, -0.15) is 4.57 Å². The highest BCUT2D eigenvalue weighted by atomic mass is 19.5. The Hall–Kier alpha value is -1.85. The molecule has 2 rings (SSSR count). The minimum atomic E-state index is -6.00. The van der Waals surface area contributed by atoms with E-state index >= 15 is 0 Å². The van der Waals surface area contributed by atoms with Crippen LogP contribution in [-0.2, 0) is 6.54 Å². The van der Waals surface area contributed by atoms with Gasteiger partial charge in [-0.3, -0.25) is 0 Å². The van der Waals surface area contributed by atoms with Crippen LogP contribution < -0.4 is 4.57 Å². The lowest BCUT2D eigenvalue weighted by atomic mass is 10.2. The fourth-order valence-corrected chi connectivity index (χ4v) is 1.69. The maximum absolute atomic E-state index is 9.75. The van der Waals surface area contributed by atoms with Crippen LogP contribution in [0.5, 0.6) is 0 Å². The predicted octanol–water partition coefficient (Wildman–Crippen LogP) is 3.94. The third kappa shape index (κ3) is 6.92. The van der Waals surface area contributed by atoms with Crippen LogP contribution >= 0.6 is 0 Å². The number of pyridine rings is 1. The van der Waals surface area contributed by atoms with Crippen LogP contribution in [0.1, 0.15) is 16.8 Å². The van der Waals surface area contributed by atoms with Crippen LogP contribution in [0.2, 0.25) is 0 Å². The zero-order valence-electron chi connectivity index (χ0n) is 11.4. The fourth-order valence-electron chi connectivity index (χ4n) is 1.69. The molecule has 0 atom stereocenters. The van der Waals surface area contributed by atoms with E-state index in [4.69, 9.17) is 0 Å². The summed E-state index contributed by atoms with van der Waals surface area (Å²) in [6.45, 7) is 5.22. The number of nitrogens with zero attached hydrogens (tertiary/aromatic N) is 1. The zero-order chi connectivity index (χ0) is 15.2. The van der Waals surface area contributed by atoms with Gasteiger partial charge in [-0.05, 0) is 13.0 Å². The highest BCUT2D eigenvalue weighted by Gasteiger charge is 2.20. The first-order valence-corrected chi connectivity index (χ1v) is 6.13. The predicted molar refractivity (Wildman–Crippen MR) is 71.8 cm³/mol. The zero-order valence-corrected chi connectivity index (χ0v) is 11.4. The number of benzene rings is 1. The maximum Gasteiger partial charge on any atom is 0.673 e. The van der Waals surface area contributed by atoms with Gasteiger partial charge in [-0.15, -0.1) is 0 Å². The van der Waals surface area contributed by atoms with E-state index in [0.29, 0.717) is 0 Å². The van der Waals surface area contributed by atoms with Crippen LogP contribution in [0.3, 0.4) is 0 Å². The second-order valence-electron chi connectivity index (χ2n) is 4.46. The van der Waals surface area contributed by atoms with Crippen LogP contribution in [0.4, 0.5) is 17.3 Å². The molecule has 1 aromatic carbocycles. The van der Waals surface area contributed by atoms with Gasteiger partial charge in [0.1, 0.15) is 0 Å². The molecule has 2 aromatic rings. The third-order valence-corrected chi connectivity index (χ3v) is 2.60. The van der Waals surface area contributed by atoms with Crippen LogP contribution in [0.25, 0.3) is 0 Å². The Labute approximate surface area is 116 Å².